The van der Waals surface area contributed by atoms with Crippen LogP contribution in [0.1, 0.15) is 33.3 Å². The van der Waals surface area contributed by atoms with Crippen LogP contribution in [0.25, 0.3) is 0 Å². The lowest BCUT2D eigenvalue weighted by Gasteiger charge is -2.23. The van der Waals surface area contributed by atoms with Crippen LogP contribution in [0.15, 0.2) is 18.2 Å². The van der Waals surface area contributed by atoms with Gasteiger partial charge in [0.05, 0.1) is 13.5 Å². The van der Waals surface area contributed by atoms with Gasteiger partial charge in [0.2, 0.25) is 0 Å². The first-order valence-electron chi connectivity index (χ1n) is 6.96. The summed E-state index contributed by atoms with van der Waals surface area (Å²) in [7, 11) is 1.51. The topological polar surface area (TPSA) is 64.6 Å². The molecule has 1 aromatic carbocycles. The van der Waals surface area contributed by atoms with E-state index in [2.05, 4.69) is 5.32 Å². The SMILES string of the molecule is COc1ccc(Cl)cc1CC(=O)O[C@@H](C)C(=O)NC(C)(C)C. The first kappa shape index (κ1) is 18.3. The van der Waals surface area contributed by atoms with Crippen molar-refractivity contribution in [3.05, 3.63) is 28.8 Å². The van der Waals surface area contributed by atoms with Gasteiger partial charge in [-0.2, -0.15) is 0 Å². The summed E-state index contributed by atoms with van der Waals surface area (Å²) in [5.74, 6) is -0.302. The highest BCUT2D eigenvalue weighted by molar-refractivity contribution is 6.30. The number of benzene rings is 1. The highest BCUT2D eigenvalue weighted by Gasteiger charge is 2.22. The maximum atomic E-state index is 12.0. The van der Waals surface area contributed by atoms with Gasteiger partial charge in [-0.05, 0) is 45.9 Å². The summed E-state index contributed by atoms with van der Waals surface area (Å²) in [5, 5.41) is 3.26. The second-order valence-corrected chi connectivity index (χ2v) is 6.44. The molecular formula is C16H22ClNO4. The average molecular weight is 328 g/mol. The normalized spacial score (nSPS) is 12.5. The summed E-state index contributed by atoms with van der Waals surface area (Å²) >= 11 is 5.91. The van der Waals surface area contributed by atoms with E-state index in [1.807, 2.05) is 20.8 Å². The number of ether oxygens (including phenoxy) is 2. The van der Waals surface area contributed by atoms with Crippen molar-refractivity contribution in [1.29, 1.82) is 0 Å². The Morgan fingerprint density at radius 3 is 2.50 bits per heavy atom. The molecular weight excluding hydrogens is 306 g/mol. The van der Waals surface area contributed by atoms with Crippen molar-refractivity contribution in [3.63, 3.8) is 0 Å². The zero-order valence-corrected chi connectivity index (χ0v) is 14.3. The van der Waals surface area contributed by atoms with Gasteiger partial charge in [-0.1, -0.05) is 11.6 Å². The molecule has 0 unspecified atom stereocenters. The summed E-state index contributed by atoms with van der Waals surface area (Å²) < 4.78 is 10.3. The maximum Gasteiger partial charge on any atom is 0.311 e. The van der Waals surface area contributed by atoms with Crippen molar-refractivity contribution in [2.75, 3.05) is 7.11 Å². The number of rotatable bonds is 5. The predicted molar refractivity (Wildman–Crippen MR) is 85.2 cm³/mol. The van der Waals surface area contributed by atoms with E-state index < -0.39 is 12.1 Å². The largest absolute Gasteiger partial charge is 0.496 e. The van der Waals surface area contributed by atoms with Crippen LogP contribution in [0, 0.1) is 0 Å². The van der Waals surface area contributed by atoms with E-state index in [4.69, 9.17) is 21.1 Å². The first-order chi connectivity index (χ1) is 10.1. The van der Waals surface area contributed by atoms with Crippen LogP contribution in [-0.4, -0.2) is 30.6 Å². The molecule has 0 saturated carbocycles. The summed E-state index contributed by atoms with van der Waals surface area (Å²) in [4.78, 5) is 23.9. The van der Waals surface area contributed by atoms with Crippen LogP contribution < -0.4 is 10.1 Å². The number of methoxy groups -OCH3 is 1. The second-order valence-electron chi connectivity index (χ2n) is 6.00. The zero-order valence-electron chi connectivity index (χ0n) is 13.5. The number of amides is 1. The molecule has 0 fully saturated rings. The van der Waals surface area contributed by atoms with E-state index in [-0.39, 0.29) is 17.9 Å². The number of carbonyl (C=O) groups excluding carboxylic acids is 2. The number of hydrogen-bond acceptors (Lipinski definition) is 4. The number of halogens is 1. The van der Waals surface area contributed by atoms with Gasteiger partial charge in [0.15, 0.2) is 6.10 Å². The Morgan fingerprint density at radius 1 is 1.32 bits per heavy atom. The molecule has 122 valence electrons. The molecule has 0 aliphatic heterocycles. The third kappa shape index (κ3) is 5.93. The molecule has 0 aliphatic carbocycles. The van der Waals surface area contributed by atoms with Crippen LogP contribution in [0.4, 0.5) is 0 Å². The molecule has 0 radical (unpaired) electrons. The minimum Gasteiger partial charge on any atom is -0.496 e. The third-order valence-corrected chi connectivity index (χ3v) is 2.99. The van der Waals surface area contributed by atoms with Crippen LogP contribution in [0.2, 0.25) is 5.02 Å². The van der Waals surface area contributed by atoms with Gasteiger partial charge in [-0.25, -0.2) is 0 Å². The molecule has 1 amide bonds. The lowest BCUT2D eigenvalue weighted by atomic mass is 10.1. The summed E-state index contributed by atoms with van der Waals surface area (Å²) in [6.45, 7) is 7.11. The smallest absolute Gasteiger partial charge is 0.311 e. The molecule has 0 saturated heterocycles. The lowest BCUT2D eigenvalue weighted by molar-refractivity contribution is -0.154. The van der Waals surface area contributed by atoms with Crippen molar-refractivity contribution in [3.8, 4) is 5.75 Å². The summed E-state index contributed by atoms with van der Waals surface area (Å²) in [6, 6.07) is 5.00. The summed E-state index contributed by atoms with van der Waals surface area (Å²) in [5.41, 5.74) is 0.233. The molecule has 22 heavy (non-hydrogen) atoms. The minimum absolute atomic E-state index is 0.0170. The van der Waals surface area contributed by atoms with Gasteiger partial charge in [0, 0.05) is 16.1 Å². The first-order valence-corrected chi connectivity index (χ1v) is 7.34. The van der Waals surface area contributed by atoms with Crippen molar-refractivity contribution in [2.24, 2.45) is 0 Å². The highest BCUT2D eigenvalue weighted by Crippen LogP contribution is 2.23. The maximum absolute atomic E-state index is 12.0. The standard InChI is InChI=1S/C16H22ClNO4/c1-10(15(20)18-16(2,3)4)22-14(19)9-11-8-12(17)6-7-13(11)21-5/h6-8,10H,9H2,1-5H3,(H,18,20)/t10-/m0/s1. The van der Waals surface area contributed by atoms with Gasteiger partial charge in [-0.15, -0.1) is 0 Å². The van der Waals surface area contributed by atoms with E-state index in [1.54, 1.807) is 18.2 Å². The molecule has 1 aromatic rings. The summed E-state index contributed by atoms with van der Waals surface area (Å²) in [6.07, 6.45) is -0.881. The fourth-order valence-electron chi connectivity index (χ4n) is 1.80. The van der Waals surface area contributed by atoms with Crippen molar-refractivity contribution in [2.45, 2.75) is 45.8 Å². The monoisotopic (exact) mass is 327 g/mol. The lowest BCUT2D eigenvalue weighted by Crippen LogP contribution is -2.46. The molecule has 0 bridgehead atoms. The quantitative estimate of drug-likeness (QED) is 0.845. The van der Waals surface area contributed by atoms with Crippen LogP contribution >= 0.6 is 11.6 Å². The predicted octanol–water partition coefficient (Wildman–Crippen LogP) is 2.74. The van der Waals surface area contributed by atoms with E-state index in [1.165, 1.54) is 14.0 Å². The molecule has 1 atom stereocenters. The molecule has 5 nitrogen and oxygen atoms in total. The zero-order chi connectivity index (χ0) is 16.9. The molecule has 0 spiro atoms. The Morgan fingerprint density at radius 2 is 1.95 bits per heavy atom. The third-order valence-electron chi connectivity index (χ3n) is 2.75. The van der Waals surface area contributed by atoms with E-state index in [9.17, 15) is 9.59 Å². The van der Waals surface area contributed by atoms with Gasteiger partial charge in [-0.3, -0.25) is 9.59 Å². The number of carbonyl (C=O) groups is 2. The minimum atomic E-state index is -0.864. The Bertz CT molecular complexity index is 552. The Hall–Kier alpha value is -1.75. The molecule has 1 rings (SSSR count). The van der Waals surface area contributed by atoms with Gasteiger partial charge in [0.1, 0.15) is 5.75 Å². The Balaban J connectivity index is 2.67. The fourth-order valence-corrected chi connectivity index (χ4v) is 2.00. The second kappa shape index (κ2) is 7.49. The number of hydrogen-bond donors (Lipinski definition) is 1. The van der Waals surface area contributed by atoms with Crippen LogP contribution in [-0.2, 0) is 20.7 Å². The van der Waals surface area contributed by atoms with Gasteiger partial charge in [0.25, 0.3) is 5.91 Å². The average Bonchev–Trinajstić information content (AvgIpc) is 2.36. The van der Waals surface area contributed by atoms with Crippen molar-refractivity contribution < 1.29 is 19.1 Å². The molecule has 6 heteroatoms. The van der Waals surface area contributed by atoms with E-state index in [0.717, 1.165) is 0 Å². The molecule has 0 aliphatic rings. The molecule has 0 aromatic heterocycles. The number of nitrogens with one attached hydrogen (secondary N) is 1. The van der Waals surface area contributed by atoms with Crippen molar-refractivity contribution >= 4 is 23.5 Å². The van der Waals surface area contributed by atoms with E-state index in [0.29, 0.717) is 16.3 Å². The van der Waals surface area contributed by atoms with Crippen LogP contribution in [0.3, 0.4) is 0 Å². The van der Waals surface area contributed by atoms with Gasteiger partial charge < -0.3 is 14.8 Å². The van der Waals surface area contributed by atoms with Crippen LogP contribution in [0.5, 0.6) is 5.75 Å². The van der Waals surface area contributed by atoms with E-state index >= 15 is 0 Å². The Labute approximate surface area is 135 Å². The fraction of sp³-hybridized carbons (Fsp3) is 0.500. The van der Waals surface area contributed by atoms with Gasteiger partial charge >= 0.3 is 5.97 Å². The van der Waals surface area contributed by atoms with Crippen molar-refractivity contribution in [1.82, 2.24) is 5.32 Å². The molecule has 0 heterocycles. The highest BCUT2D eigenvalue weighted by atomic mass is 35.5. The number of esters is 1. The Kier molecular flexibility index (Phi) is 6.23. The molecule has 1 N–H and O–H groups in total.